The summed E-state index contributed by atoms with van der Waals surface area (Å²) in [7, 11) is 0. The number of nitrogens with two attached hydrogens (primary N) is 1. The summed E-state index contributed by atoms with van der Waals surface area (Å²) >= 11 is 5.86. The molecule has 1 saturated heterocycles. The first-order chi connectivity index (χ1) is 9.11. The van der Waals surface area contributed by atoms with Gasteiger partial charge >= 0.3 is 5.97 Å². The van der Waals surface area contributed by atoms with Gasteiger partial charge in [-0.3, -0.25) is 9.69 Å². The molecule has 1 atom stereocenters. The Kier molecular flexibility index (Phi) is 4.63. The van der Waals surface area contributed by atoms with Crippen LogP contribution in [0.3, 0.4) is 0 Å². The summed E-state index contributed by atoms with van der Waals surface area (Å²) in [5, 5.41) is 9.81. The minimum Gasteiger partial charge on any atom is -0.480 e. The fourth-order valence-corrected chi connectivity index (χ4v) is 2.48. The highest BCUT2D eigenvalue weighted by Gasteiger charge is 2.27. The summed E-state index contributed by atoms with van der Waals surface area (Å²) in [4.78, 5) is 15.2. The third-order valence-electron chi connectivity index (χ3n) is 3.46. The van der Waals surface area contributed by atoms with Crippen LogP contribution in [0.25, 0.3) is 0 Å². The van der Waals surface area contributed by atoms with E-state index < -0.39 is 12.0 Å². The average Bonchev–Trinajstić information content (AvgIpc) is 2.41. The predicted octanol–water partition coefficient (Wildman–Crippen LogP) is 0.874. The number of carboxylic acid groups (broad SMARTS) is 1. The van der Waals surface area contributed by atoms with E-state index in [-0.39, 0.29) is 6.54 Å². The third-order valence-corrected chi connectivity index (χ3v) is 3.71. The molecule has 0 spiro atoms. The van der Waals surface area contributed by atoms with Gasteiger partial charge in [0.2, 0.25) is 0 Å². The molecule has 3 N–H and O–H groups in total. The van der Waals surface area contributed by atoms with Crippen molar-refractivity contribution in [2.45, 2.75) is 6.04 Å². The highest BCUT2D eigenvalue weighted by Crippen LogP contribution is 2.19. The molecule has 1 unspecified atom stereocenters. The number of nitrogens with zero attached hydrogens (tertiary/aromatic N) is 2. The van der Waals surface area contributed by atoms with Gasteiger partial charge in [-0.2, -0.15) is 0 Å². The topological polar surface area (TPSA) is 69.8 Å². The van der Waals surface area contributed by atoms with Gasteiger partial charge in [0.15, 0.2) is 0 Å². The molecule has 104 valence electrons. The van der Waals surface area contributed by atoms with Gasteiger partial charge in [-0.1, -0.05) is 11.6 Å². The van der Waals surface area contributed by atoms with Crippen molar-refractivity contribution in [3.05, 3.63) is 29.3 Å². The Bertz CT molecular complexity index is 430. The van der Waals surface area contributed by atoms with Gasteiger partial charge in [0.1, 0.15) is 6.04 Å². The van der Waals surface area contributed by atoms with E-state index in [1.54, 1.807) is 0 Å². The fraction of sp³-hybridized carbons (Fsp3) is 0.462. The molecule has 1 aromatic carbocycles. The van der Waals surface area contributed by atoms with Crippen LogP contribution in [0.5, 0.6) is 0 Å². The normalized spacial score (nSPS) is 18.3. The highest BCUT2D eigenvalue weighted by atomic mass is 35.5. The zero-order chi connectivity index (χ0) is 13.8. The number of carboxylic acids is 1. The van der Waals surface area contributed by atoms with E-state index in [2.05, 4.69) is 4.90 Å². The van der Waals surface area contributed by atoms with E-state index in [1.807, 2.05) is 29.2 Å². The van der Waals surface area contributed by atoms with E-state index in [9.17, 15) is 4.79 Å². The number of anilines is 1. The van der Waals surface area contributed by atoms with Crippen LogP contribution in [0.4, 0.5) is 5.69 Å². The van der Waals surface area contributed by atoms with Crippen molar-refractivity contribution in [1.29, 1.82) is 0 Å². The largest absolute Gasteiger partial charge is 0.480 e. The van der Waals surface area contributed by atoms with E-state index >= 15 is 0 Å². The summed E-state index contributed by atoms with van der Waals surface area (Å²) < 4.78 is 0. The van der Waals surface area contributed by atoms with Gasteiger partial charge in [0, 0.05) is 43.4 Å². The standard InChI is InChI=1S/C13H18ClN3O2/c14-10-1-3-11(4-2-10)16-5-7-17(8-6-16)12(9-15)13(18)19/h1-4,12H,5-9,15H2,(H,18,19). The first-order valence-corrected chi connectivity index (χ1v) is 6.67. The second-order valence-corrected chi connectivity index (χ2v) is 5.03. The molecule has 2 rings (SSSR count). The van der Waals surface area contributed by atoms with Gasteiger partial charge in [0.25, 0.3) is 0 Å². The van der Waals surface area contributed by atoms with E-state index in [0.717, 1.165) is 23.8 Å². The highest BCUT2D eigenvalue weighted by molar-refractivity contribution is 6.30. The molecule has 0 aromatic heterocycles. The molecular formula is C13H18ClN3O2. The van der Waals surface area contributed by atoms with Crippen molar-refractivity contribution in [3.8, 4) is 0 Å². The maximum Gasteiger partial charge on any atom is 0.322 e. The number of hydrogen-bond acceptors (Lipinski definition) is 4. The lowest BCUT2D eigenvalue weighted by atomic mass is 10.2. The molecule has 0 saturated carbocycles. The Morgan fingerprint density at radius 2 is 1.84 bits per heavy atom. The van der Waals surface area contributed by atoms with Crippen molar-refractivity contribution in [2.75, 3.05) is 37.6 Å². The maximum atomic E-state index is 11.1. The number of hydrogen-bond donors (Lipinski definition) is 2. The molecule has 0 radical (unpaired) electrons. The van der Waals surface area contributed by atoms with Crippen LogP contribution in [-0.2, 0) is 4.79 Å². The molecular weight excluding hydrogens is 266 g/mol. The predicted molar refractivity (Wildman–Crippen MR) is 75.7 cm³/mol. The molecule has 0 amide bonds. The van der Waals surface area contributed by atoms with E-state index in [1.165, 1.54) is 0 Å². The molecule has 1 aliphatic rings. The zero-order valence-electron chi connectivity index (χ0n) is 10.6. The van der Waals surface area contributed by atoms with Crippen LogP contribution in [0, 0.1) is 0 Å². The van der Waals surface area contributed by atoms with Crippen molar-refractivity contribution < 1.29 is 9.90 Å². The van der Waals surface area contributed by atoms with Crippen LogP contribution in [0.2, 0.25) is 5.02 Å². The first kappa shape index (κ1) is 14.1. The number of aliphatic carboxylic acids is 1. The van der Waals surface area contributed by atoms with Gasteiger partial charge < -0.3 is 15.7 Å². The second kappa shape index (κ2) is 6.23. The van der Waals surface area contributed by atoms with Crippen LogP contribution in [0.1, 0.15) is 0 Å². The number of carbonyl (C=O) groups is 1. The smallest absolute Gasteiger partial charge is 0.322 e. The van der Waals surface area contributed by atoms with Crippen molar-refractivity contribution >= 4 is 23.3 Å². The summed E-state index contributed by atoms with van der Waals surface area (Å²) in [5.41, 5.74) is 6.63. The fourth-order valence-electron chi connectivity index (χ4n) is 2.35. The van der Waals surface area contributed by atoms with Gasteiger partial charge in [-0.25, -0.2) is 0 Å². The maximum absolute atomic E-state index is 11.1. The minimum atomic E-state index is -0.845. The Balaban J connectivity index is 1.95. The quantitative estimate of drug-likeness (QED) is 0.858. The Hall–Kier alpha value is -1.30. The van der Waals surface area contributed by atoms with Gasteiger partial charge in [-0.15, -0.1) is 0 Å². The number of piperazine rings is 1. The van der Waals surface area contributed by atoms with Crippen molar-refractivity contribution in [1.82, 2.24) is 4.90 Å². The lowest BCUT2D eigenvalue weighted by Crippen LogP contribution is -2.55. The Labute approximate surface area is 117 Å². The van der Waals surface area contributed by atoms with E-state index in [4.69, 9.17) is 22.4 Å². The van der Waals surface area contributed by atoms with Crippen LogP contribution < -0.4 is 10.6 Å². The summed E-state index contributed by atoms with van der Waals surface area (Å²) in [5.74, 6) is -0.845. The Morgan fingerprint density at radius 1 is 1.26 bits per heavy atom. The first-order valence-electron chi connectivity index (χ1n) is 6.29. The zero-order valence-corrected chi connectivity index (χ0v) is 11.4. The monoisotopic (exact) mass is 283 g/mol. The Morgan fingerprint density at radius 3 is 2.32 bits per heavy atom. The molecule has 5 nitrogen and oxygen atoms in total. The SMILES string of the molecule is NCC(C(=O)O)N1CCN(c2ccc(Cl)cc2)CC1. The molecule has 1 aromatic rings. The molecule has 1 fully saturated rings. The second-order valence-electron chi connectivity index (χ2n) is 4.59. The number of rotatable bonds is 4. The number of benzene rings is 1. The lowest BCUT2D eigenvalue weighted by Gasteiger charge is -2.38. The van der Waals surface area contributed by atoms with Crippen LogP contribution in [0.15, 0.2) is 24.3 Å². The van der Waals surface area contributed by atoms with E-state index in [0.29, 0.717) is 13.1 Å². The minimum absolute atomic E-state index is 0.149. The molecule has 1 aliphatic heterocycles. The molecule has 0 bridgehead atoms. The van der Waals surface area contributed by atoms with Crippen LogP contribution in [-0.4, -0.2) is 54.7 Å². The third kappa shape index (κ3) is 3.37. The summed E-state index contributed by atoms with van der Waals surface area (Å²) in [6, 6.07) is 7.12. The summed E-state index contributed by atoms with van der Waals surface area (Å²) in [6.07, 6.45) is 0. The van der Waals surface area contributed by atoms with Crippen LogP contribution >= 0.6 is 11.6 Å². The molecule has 6 heteroatoms. The average molecular weight is 284 g/mol. The van der Waals surface area contributed by atoms with Gasteiger partial charge in [-0.05, 0) is 24.3 Å². The van der Waals surface area contributed by atoms with Crippen molar-refractivity contribution in [3.63, 3.8) is 0 Å². The summed E-state index contributed by atoms with van der Waals surface area (Å²) in [6.45, 7) is 3.15. The molecule has 1 heterocycles. The van der Waals surface area contributed by atoms with Gasteiger partial charge in [0.05, 0.1) is 0 Å². The molecule has 19 heavy (non-hydrogen) atoms. The lowest BCUT2D eigenvalue weighted by molar-refractivity contribution is -0.143. The number of halogens is 1. The molecule has 0 aliphatic carbocycles. The van der Waals surface area contributed by atoms with Crippen molar-refractivity contribution in [2.24, 2.45) is 5.73 Å².